The van der Waals surface area contributed by atoms with Gasteiger partial charge in [0.1, 0.15) is 0 Å². The minimum absolute atomic E-state index is 0.0638. The molecule has 106 valence electrons. The van der Waals surface area contributed by atoms with Gasteiger partial charge in [0.05, 0.1) is 11.9 Å². The lowest BCUT2D eigenvalue weighted by Gasteiger charge is -2.31. The van der Waals surface area contributed by atoms with Crippen LogP contribution in [0.4, 0.5) is 0 Å². The molecule has 4 nitrogen and oxygen atoms in total. The number of rotatable bonds is 4. The third kappa shape index (κ3) is 3.48. The zero-order valence-corrected chi connectivity index (χ0v) is 12.4. The normalized spacial score (nSPS) is 24.3. The summed E-state index contributed by atoms with van der Waals surface area (Å²) < 4.78 is 31.9. The molecular weight excluding hydrogens is 286 g/mol. The quantitative estimate of drug-likeness (QED) is 0.923. The molecule has 6 heteroatoms. The molecule has 0 radical (unpaired) electrons. The summed E-state index contributed by atoms with van der Waals surface area (Å²) in [5, 5.41) is 0.260. The molecule has 0 aromatic heterocycles. The van der Waals surface area contributed by atoms with Gasteiger partial charge in [0, 0.05) is 17.5 Å². The molecule has 1 aliphatic rings. The molecule has 0 amide bonds. The second-order valence-electron chi connectivity index (χ2n) is 4.71. The van der Waals surface area contributed by atoms with Crippen molar-refractivity contribution in [2.24, 2.45) is 5.92 Å². The summed E-state index contributed by atoms with van der Waals surface area (Å²) in [6.45, 7) is 0.946. The predicted molar refractivity (Wildman–Crippen MR) is 75.8 cm³/mol. The van der Waals surface area contributed by atoms with E-state index in [-0.39, 0.29) is 5.92 Å². The lowest BCUT2D eigenvalue weighted by atomic mass is 9.93. The van der Waals surface area contributed by atoms with Crippen molar-refractivity contribution in [1.29, 1.82) is 0 Å². The van der Waals surface area contributed by atoms with E-state index in [4.69, 9.17) is 16.3 Å². The van der Waals surface area contributed by atoms with Gasteiger partial charge in [-0.25, -0.2) is 13.1 Å². The van der Waals surface area contributed by atoms with Crippen molar-refractivity contribution < 1.29 is 13.2 Å². The molecule has 2 atom stereocenters. The molecule has 1 aromatic carbocycles. The molecule has 0 spiro atoms. The van der Waals surface area contributed by atoms with Gasteiger partial charge in [-0.1, -0.05) is 29.8 Å². The standard InChI is InChI=1S/C13H18ClNO3S/c1-15-19(16,17)13-6-7-18-9-11(13)8-10-4-2-3-5-12(10)14/h2-5,11,13,15H,6-9H2,1H3. The second-order valence-corrected chi connectivity index (χ2v) is 7.22. The second kappa shape index (κ2) is 6.22. The van der Waals surface area contributed by atoms with Gasteiger partial charge in [0.2, 0.25) is 10.0 Å². The largest absolute Gasteiger partial charge is 0.381 e. The number of halogens is 1. The summed E-state index contributed by atoms with van der Waals surface area (Å²) in [5.41, 5.74) is 0.968. The van der Waals surface area contributed by atoms with Gasteiger partial charge in [-0.15, -0.1) is 0 Å². The van der Waals surface area contributed by atoms with E-state index in [1.165, 1.54) is 7.05 Å². The van der Waals surface area contributed by atoms with Crippen molar-refractivity contribution >= 4 is 21.6 Å². The Labute approximate surface area is 119 Å². The van der Waals surface area contributed by atoms with Gasteiger partial charge in [-0.2, -0.15) is 0 Å². The van der Waals surface area contributed by atoms with Crippen LogP contribution < -0.4 is 4.72 Å². The minimum Gasteiger partial charge on any atom is -0.381 e. The maximum atomic E-state index is 12.0. The Balaban J connectivity index is 2.19. The summed E-state index contributed by atoms with van der Waals surface area (Å²) in [6.07, 6.45) is 1.14. The van der Waals surface area contributed by atoms with E-state index in [0.29, 0.717) is 31.1 Å². The van der Waals surface area contributed by atoms with Crippen LogP contribution in [-0.2, 0) is 21.2 Å². The van der Waals surface area contributed by atoms with Crippen LogP contribution in [0.1, 0.15) is 12.0 Å². The van der Waals surface area contributed by atoms with Crippen molar-refractivity contribution in [1.82, 2.24) is 4.72 Å². The molecule has 1 aliphatic heterocycles. The van der Waals surface area contributed by atoms with Crippen molar-refractivity contribution in [2.45, 2.75) is 18.1 Å². The third-order valence-corrected chi connectivity index (χ3v) is 5.88. The van der Waals surface area contributed by atoms with E-state index < -0.39 is 15.3 Å². The number of ether oxygens (including phenoxy) is 1. The Hall–Kier alpha value is -0.620. The SMILES string of the molecule is CNS(=O)(=O)C1CCOCC1Cc1ccccc1Cl. The highest BCUT2D eigenvalue weighted by Crippen LogP contribution is 2.27. The van der Waals surface area contributed by atoms with Crippen molar-refractivity contribution in [2.75, 3.05) is 20.3 Å². The van der Waals surface area contributed by atoms with Crippen LogP contribution in [0.2, 0.25) is 5.02 Å². The fourth-order valence-electron chi connectivity index (χ4n) is 2.47. The Morgan fingerprint density at radius 2 is 2.16 bits per heavy atom. The van der Waals surface area contributed by atoms with Crippen molar-refractivity contribution in [3.8, 4) is 0 Å². The highest BCUT2D eigenvalue weighted by molar-refractivity contribution is 7.90. The van der Waals surface area contributed by atoms with Crippen LogP contribution in [0, 0.1) is 5.92 Å². The smallest absolute Gasteiger partial charge is 0.214 e. The van der Waals surface area contributed by atoms with Crippen LogP contribution in [-0.4, -0.2) is 33.9 Å². The zero-order valence-electron chi connectivity index (χ0n) is 10.8. The average molecular weight is 304 g/mol. The fraction of sp³-hybridized carbons (Fsp3) is 0.538. The Kier molecular flexibility index (Phi) is 4.84. The Bertz CT molecular complexity index is 532. The first-order valence-corrected chi connectivity index (χ1v) is 8.20. The molecule has 1 fully saturated rings. The molecule has 2 rings (SSSR count). The summed E-state index contributed by atoms with van der Waals surface area (Å²) >= 11 is 6.13. The van der Waals surface area contributed by atoms with Gasteiger partial charge in [0.15, 0.2) is 0 Å². The lowest BCUT2D eigenvalue weighted by Crippen LogP contribution is -2.43. The molecule has 1 N–H and O–H groups in total. The average Bonchev–Trinajstić information content (AvgIpc) is 2.42. The predicted octanol–water partition coefficient (Wildman–Crippen LogP) is 1.84. The zero-order chi connectivity index (χ0) is 13.9. The molecule has 1 saturated heterocycles. The molecule has 0 saturated carbocycles. The van der Waals surface area contributed by atoms with Crippen molar-refractivity contribution in [3.05, 3.63) is 34.9 Å². The number of hydrogen-bond donors (Lipinski definition) is 1. The summed E-state index contributed by atoms with van der Waals surface area (Å²) in [7, 11) is -1.82. The number of hydrogen-bond acceptors (Lipinski definition) is 3. The van der Waals surface area contributed by atoms with Crippen LogP contribution in [0.3, 0.4) is 0 Å². The van der Waals surface area contributed by atoms with E-state index in [1.54, 1.807) is 0 Å². The number of benzene rings is 1. The van der Waals surface area contributed by atoms with Crippen LogP contribution in [0.5, 0.6) is 0 Å². The van der Waals surface area contributed by atoms with Gasteiger partial charge in [0.25, 0.3) is 0 Å². The first-order valence-electron chi connectivity index (χ1n) is 6.28. The minimum atomic E-state index is -3.28. The maximum absolute atomic E-state index is 12.0. The van der Waals surface area contributed by atoms with E-state index in [9.17, 15) is 8.42 Å². The van der Waals surface area contributed by atoms with E-state index in [0.717, 1.165) is 5.56 Å². The molecule has 0 aliphatic carbocycles. The summed E-state index contributed by atoms with van der Waals surface area (Å²) in [4.78, 5) is 0. The Morgan fingerprint density at radius 3 is 2.84 bits per heavy atom. The van der Waals surface area contributed by atoms with Gasteiger partial charge in [-0.05, 0) is 31.5 Å². The first kappa shape index (κ1) is 14.8. The Morgan fingerprint density at radius 1 is 1.42 bits per heavy atom. The monoisotopic (exact) mass is 303 g/mol. The topological polar surface area (TPSA) is 55.4 Å². The third-order valence-electron chi connectivity index (χ3n) is 3.53. The number of nitrogens with one attached hydrogen (secondary N) is 1. The molecule has 1 heterocycles. The highest BCUT2D eigenvalue weighted by Gasteiger charge is 2.35. The first-order chi connectivity index (χ1) is 9.04. The number of sulfonamides is 1. The highest BCUT2D eigenvalue weighted by atomic mass is 35.5. The van der Waals surface area contributed by atoms with Gasteiger partial charge in [-0.3, -0.25) is 0 Å². The molecule has 0 bridgehead atoms. The van der Waals surface area contributed by atoms with Crippen LogP contribution >= 0.6 is 11.6 Å². The van der Waals surface area contributed by atoms with Gasteiger partial charge >= 0.3 is 0 Å². The molecule has 19 heavy (non-hydrogen) atoms. The maximum Gasteiger partial charge on any atom is 0.214 e. The van der Waals surface area contributed by atoms with E-state index in [1.807, 2.05) is 24.3 Å². The molecule has 2 unspecified atom stereocenters. The van der Waals surface area contributed by atoms with E-state index >= 15 is 0 Å². The molecular formula is C13H18ClNO3S. The van der Waals surface area contributed by atoms with Crippen molar-refractivity contribution in [3.63, 3.8) is 0 Å². The molecule has 1 aromatic rings. The summed E-state index contributed by atoms with van der Waals surface area (Å²) in [6, 6.07) is 7.53. The lowest BCUT2D eigenvalue weighted by molar-refractivity contribution is 0.0571. The summed E-state index contributed by atoms with van der Waals surface area (Å²) in [5.74, 6) is -0.0638. The fourth-order valence-corrected chi connectivity index (χ4v) is 4.08. The van der Waals surface area contributed by atoms with Gasteiger partial charge < -0.3 is 4.74 Å². The van der Waals surface area contributed by atoms with E-state index in [2.05, 4.69) is 4.72 Å². The van der Waals surface area contributed by atoms with Crippen LogP contribution in [0.25, 0.3) is 0 Å². The van der Waals surface area contributed by atoms with Crippen LogP contribution in [0.15, 0.2) is 24.3 Å².